The molecule has 3 nitrogen and oxygen atoms in total. The zero-order chi connectivity index (χ0) is 15.2. The van der Waals surface area contributed by atoms with E-state index < -0.39 is 0 Å². The Morgan fingerprint density at radius 2 is 1.87 bits per heavy atom. The van der Waals surface area contributed by atoms with Crippen LogP contribution in [0, 0.1) is 11.8 Å². The molecule has 2 bridgehead atoms. The number of anilines is 1. The highest BCUT2D eigenvalue weighted by atomic mass is 32.2. The van der Waals surface area contributed by atoms with Gasteiger partial charge in [0.2, 0.25) is 0 Å². The van der Waals surface area contributed by atoms with Crippen molar-refractivity contribution in [1.82, 2.24) is 4.90 Å². The van der Waals surface area contributed by atoms with Crippen LogP contribution in [0.5, 0.6) is 0 Å². The summed E-state index contributed by atoms with van der Waals surface area (Å²) in [5.41, 5.74) is 2.62. The fraction of sp³-hybridized carbons (Fsp3) is 0.632. The molecule has 2 saturated carbocycles. The molecule has 3 unspecified atom stereocenters. The lowest BCUT2D eigenvalue weighted by Gasteiger charge is -2.43. The Labute approximate surface area is 143 Å². The number of benzene rings is 1. The second-order valence-electron chi connectivity index (χ2n) is 7.71. The van der Waals surface area contributed by atoms with Gasteiger partial charge in [0.1, 0.15) is 0 Å². The summed E-state index contributed by atoms with van der Waals surface area (Å²) in [5, 5.41) is 0. The van der Waals surface area contributed by atoms with Crippen LogP contribution < -0.4 is 4.31 Å². The zero-order valence-corrected chi connectivity index (χ0v) is 14.4. The quantitative estimate of drug-likeness (QED) is 0.761. The minimum Gasteiger partial charge on any atom is -0.300 e. The maximum atomic E-state index is 4.51. The molecule has 0 aromatic heterocycles. The van der Waals surface area contributed by atoms with Gasteiger partial charge in [-0.2, -0.15) is 0 Å². The topological polar surface area (TPSA) is 18.8 Å². The number of hydrogen-bond acceptors (Lipinski definition) is 4. The maximum absolute atomic E-state index is 4.51. The van der Waals surface area contributed by atoms with Crippen molar-refractivity contribution in [1.29, 1.82) is 0 Å². The Balaban J connectivity index is 1.26. The number of piperidine rings is 1. The van der Waals surface area contributed by atoms with E-state index in [1.807, 2.05) is 6.21 Å². The number of hydrogen-bond donors (Lipinski definition) is 0. The molecule has 0 spiro atoms. The molecule has 2 aliphatic carbocycles. The predicted octanol–water partition coefficient (Wildman–Crippen LogP) is 4.14. The molecule has 4 aliphatic rings. The van der Waals surface area contributed by atoms with E-state index >= 15 is 0 Å². The van der Waals surface area contributed by atoms with Crippen LogP contribution in [0.4, 0.5) is 5.69 Å². The Kier molecular flexibility index (Phi) is 3.63. The smallest absolute Gasteiger partial charge is 0.0932 e. The van der Waals surface area contributed by atoms with Crippen LogP contribution in [0.3, 0.4) is 0 Å². The zero-order valence-electron chi connectivity index (χ0n) is 13.6. The van der Waals surface area contributed by atoms with E-state index in [-0.39, 0.29) is 0 Å². The SMILES string of the molecule is C1=NSN(C2CCN(C3CC4CCC3C4)CC2)c2ccccc21. The molecule has 1 aromatic carbocycles. The van der Waals surface area contributed by atoms with Gasteiger partial charge in [0.15, 0.2) is 0 Å². The van der Waals surface area contributed by atoms with Gasteiger partial charge in [-0.1, -0.05) is 24.6 Å². The standard InChI is InChI=1S/C19H25N3S/c1-2-4-18-16(3-1)13-20-23-22(18)17-7-9-21(10-8-17)19-12-14-5-6-15(19)11-14/h1-4,13-15,17,19H,5-12H2. The second-order valence-corrected chi connectivity index (χ2v) is 8.48. The molecule has 5 rings (SSSR count). The minimum atomic E-state index is 0.633. The van der Waals surface area contributed by atoms with Gasteiger partial charge in [-0.05, 0) is 50.0 Å². The highest BCUT2D eigenvalue weighted by Gasteiger charge is 2.43. The molecule has 3 atom stereocenters. The Morgan fingerprint density at radius 3 is 2.65 bits per heavy atom. The van der Waals surface area contributed by atoms with Crippen LogP contribution in [0.1, 0.15) is 44.1 Å². The molecule has 1 saturated heterocycles. The molecule has 23 heavy (non-hydrogen) atoms. The average molecular weight is 327 g/mol. The molecule has 1 aromatic rings. The van der Waals surface area contributed by atoms with E-state index in [4.69, 9.17) is 0 Å². The Bertz CT molecular complexity index is 608. The summed E-state index contributed by atoms with van der Waals surface area (Å²) in [6, 6.07) is 10.2. The first-order valence-corrected chi connectivity index (χ1v) is 9.94. The molecule has 0 amide bonds. The number of rotatable bonds is 2. The van der Waals surface area contributed by atoms with Gasteiger partial charge in [-0.3, -0.25) is 9.21 Å². The van der Waals surface area contributed by atoms with Crippen LogP contribution in [0.15, 0.2) is 28.7 Å². The van der Waals surface area contributed by atoms with Crippen LogP contribution in [-0.4, -0.2) is 36.3 Å². The van der Waals surface area contributed by atoms with Gasteiger partial charge in [-0.15, -0.1) is 0 Å². The first-order chi connectivity index (χ1) is 11.4. The molecule has 2 aliphatic heterocycles. The van der Waals surface area contributed by atoms with Crippen LogP contribution in [0.2, 0.25) is 0 Å². The summed E-state index contributed by atoms with van der Waals surface area (Å²) in [5.74, 6) is 2.08. The number of nitrogens with zero attached hydrogens (tertiary/aromatic N) is 3. The van der Waals surface area contributed by atoms with Gasteiger partial charge in [0, 0.05) is 37.0 Å². The van der Waals surface area contributed by atoms with Crippen molar-refractivity contribution in [3.63, 3.8) is 0 Å². The van der Waals surface area contributed by atoms with Crippen molar-refractivity contribution < 1.29 is 0 Å². The van der Waals surface area contributed by atoms with Gasteiger partial charge in [0.25, 0.3) is 0 Å². The lowest BCUT2D eigenvalue weighted by atomic mass is 9.91. The van der Waals surface area contributed by atoms with E-state index in [9.17, 15) is 0 Å². The van der Waals surface area contributed by atoms with Crippen molar-refractivity contribution in [2.45, 2.75) is 50.6 Å². The third kappa shape index (κ3) is 2.51. The Hall–Kier alpha value is -1.00. The highest BCUT2D eigenvalue weighted by Crippen LogP contribution is 2.47. The number of para-hydroxylation sites is 1. The highest BCUT2D eigenvalue weighted by molar-refractivity contribution is 7.99. The lowest BCUT2D eigenvalue weighted by Crippen LogP contribution is -2.48. The number of fused-ring (bicyclic) bond motifs is 3. The lowest BCUT2D eigenvalue weighted by molar-refractivity contribution is 0.112. The minimum absolute atomic E-state index is 0.633. The van der Waals surface area contributed by atoms with Crippen LogP contribution >= 0.6 is 12.1 Å². The fourth-order valence-corrected chi connectivity index (χ4v) is 6.21. The molecule has 0 N–H and O–H groups in total. The summed E-state index contributed by atoms with van der Waals surface area (Å²) in [6.45, 7) is 2.56. The molecule has 3 fully saturated rings. The molecule has 0 radical (unpaired) electrons. The van der Waals surface area contributed by atoms with E-state index in [1.54, 1.807) is 12.1 Å². The maximum Gasteiger partial charge on any atom is 0.0932 e. The van der Waals surface area contributed by atoms with Gasteiger partial charge in [-0.25, -0.2) is 4.40 Å². The third-order valence-electron chi connectivity index (χ3n) is 6.50. The summed E-state index contributed by atoms with van der Waals surface area (Å²) in [7, 11) is 0. The second kappa shape index (κ2) is 5.82. The van der Waals surface area contributed by atoms with Crippen molar-refractivity contribution in [2.75, 3.05) is 17.4 Å². The molecular weight excluding hydrogens is 302 g/mol. The third-order valence-corrected chi connectivity index (χ3v) is 7.37. The first-order valence-electron chi connectivity index (χ1n) is 9.21. The van der Waals surface area contributed by atoms with Gasteiger partial charge < -0.3 is 0 Å². The van der Waals surface area contributed by atoms with Crippen molar-refractivity contribution in [3.8, 4) is 0 Å². The van der Waals surface area contributed by atoms with Gasteiger partial charge >= 0.3 is 0 Å². The van der Waals surface area contributed by atoms with E-state index in [1.165, 1.54) is 62.9 Å². The van der Waals surface area contributed by atoms with Crippen molar-refractivity contribution >= 4 is 24.0 Å². The van der Waals surface area contributed by atoms with Crippen molar-refractivity contribution in [3.05, 3.63) is 29.8 Å². The normalized spacial score (nSPS) is 34.1. The van der Waals surface area contributed by atoms with Crippen LogP contribution in [0.25, 0.3) is 0 Å². The van der Waals surface area contributed by atoms with Crippen LogP contribution in [-0.2, 0) is 0 Å². The molecule has 122 valence electrons. The molecule has 4 heteroatoms. The predicted molar refractivity (Wildman–Crippen MR) is 97.9 cm³/mol. The summed E-state index contributed by atoms with van der Waals surface area (Å²) >= 11 is 1.64. The van der Waals surface area contributed by atoms with E-state index in [0.29, 0.717) is 6.04 Å². The summed E-state index contributed by atoms with van der Waals surface area (Å²) in [4.78, 5) is 2.82. The fourth-order valence-electron chi connectivity index (χ4n) is 5.35. The monoisotopic (exact) mass is 327 g/mol. The van der Waals surface area contributed by atoms with E-state index in [2.05, 4.69) is 37.9 Å². The summed E-state index contributed by atoms with van der Waals surface area (Å²) in [6.07, 6.45) is 10.6. The summed E-state index contributed by atoms with van der Waals surface area (Å²) < 4.78 is 6.97. The average Bonchev–Trinajstić information content (AvgIpc) is 3.25. The van der Waals surface area contributed by atoms with E-state index in [0.717, 1.165) is 17.9 Å². The van der Waals surface area contributed by atoms with Gasteiger partial charge in [0.05, 0.1) is 17.8 Å². The van der Waals surface area contributed by atoms with Crippen molar-refractivity contribution in [2.24, 2.45) is 16.2 Å². The molecular formula is C19H25N3S. The molecule has 2 heterocycles. The first kappa shape index (κ1) is 14.4. The Morgan fingerprint density at radius 1 is 1.00 bits per heavy atom. The number of likely N-dealkylation sites (tertiary alicyclic amines) is 1. The largest absolute Gasteiger partial charge is 0.300 e.